The van der Waals surface area contributed by atoms with Crippen LogP contribution in [0.15, 0.2) is 48.5 Å². The van der Waals surface area contributed by atoms with Crippen molar-refractivity contribution < 1.29 is 13.9 Å². The van der Waals surface area contributed by atoms with Gasteiger partial charge in [-0.1, -0.05) is 6.92 Å². The number of carbonyl (C=O) groups excluding carboxylic acids is 1. The van der Waals surface area contributed by atoms with Gasteiger partial charge in [0.1, 0.15) is 11.6 Å². The van der Waals surface area contributed by atoms with E-state index in [9.17, 15) is 9.18 Å². The Morgan fingerprint density at radius 3 is 2.36 bits per heavy atom. The second kappa shape index (κ2) is 8.01. The van der Waals surface area contributed by atoms with Gasteiger partial charge in [0.15, 0.2) is 6.10 Å². The molecule has 1 amide bonds. The van der Waals surface area contributed by atoms with E-state index in [4.69, 9.17) is 4.74 Å². The van der Waals surface area contributed by atoms with Crippen LogP contribution in [0.3, 0.4) is 0 Å². The van der Waals surface area contributed by atoms with Gasteiger partial charge in [0.2, 0.25) is 0 Å². The minimum absolute atomic E-state index is 0.208. The maximum absolute atomic E-state index is 13.0. The molecule has 25 heavy (non-hydrogen) atoms. The summed E-state index contributed by atoms with van der Waals surface area (Å²) in [5, 5.41) is 2.89. The van der Waals surface area contributed by atoms with Crippen molar-refractivity contribution in [3.05, 3.63) is 54.3 Å². The molecule has 5 heteroatoms. The number of ether oxygens (including phenoxy) is 1. The molecule has 4 nitrogen and oxygen atoms in total. The molecule has 0 spiro atoms. The predicted molar refractivity (Wildman–Crippen MR) is 97.6 cm³/mol. The van der Waals surface area contributed by atoms with Crippen molar-refractivity contribution in [2.45, 2.75) is 32.3 Å². The molecule has 1 heterocycles. The second-order valence-electron chi connectivity index (χ2n) is 6.20. The summed E-state index contributed by atoms with van der Waals surface area (Å²) in [6.07, 6.45) is 2.37. The third-order valence-electron chi connectivity index (χ3n) is 4.36. The molecule has 0 aromatic heterocycles. The van der Waals surface area contributed by atoms with Crippen LogP contribution in [0.5, 0.6) is 5.75 Å². The molecule has 1 N–H and O–H groups in total. The van der Waals surface area contributed by atoms with Crippen molar-refractivity contribution >= 4 is 17.3 Å². The zero-order valence-electron chi connectivity index (χ0n) is 14.4. The van der Waals surface area contributed by atoms with Crippen molar-refractivity contribution in [1.82, 2.24) is 0 Å². The predicted octanol–water partition coefficient (Wildman–Crippen LogP) is 4.22. The first-order valence-corrected chi connectivity index (χ1v) is 8.74. The van der Waals surface area contributed by atoms with Crippen molar-refractivity contribution in [1.29, 1.82) is 0 Å². The van der Waals surface area contributed by atoms with Gasteiger partial charge < -0.3 is 15.0 Å². The van der Waals surface area contributed by atoms with Gasteiger partial charge in [0.25, 0.3) is 5.91 Å². The monoisotopic (exact) mass is 342 g/mol. The topological polar surface area (TPSA) is 41.6 Å². The molecule has 1 aliphatic heterocycles. The minimum atomic E-state index is -0.622. The summed E-state index contributed by atoms with van der Waals surface area (Å²) in [6.45, 7) is 4.06. The third kappa shape index (κ3) is 4.50. The van der Waals surface area contributed by atoms with E-state index in [1.165, 1.54) is 42.8 Å². The molecule has 1 saturated heterocycles. The second-order valence-corrected chi connectivity index (χ2v) is 6.20. The SMILES string of the molecule is CCC(Oc1ccc(F)cc1)C(=O)Nc1ccc(N2CCCC2)cc1. The number of nitrogens with zero attached hydrogens (tertiary/aromatic N) is 1. The van der Waals surface area contributed by atoms with Crippen molar-refractivity contribution in [2.24, 2.45) is 0 Å². The number of amides is 1. The average Bonchev–Trinajstić information content (AvgIpc) is 3.16. The first kappa shape index (κ1) is 17.3. The fraction of sp³-hybridized carbons (Fsp3) is 0.350. The van der Waals surface area contributed by atoms with Gasteiger partial charge >= 0.3 is 0 Å². The van der Waals surface area contributed by atoms with Crippen LogP contribution >= 0.6 is 0 Å². The van der Waals surface area contributed by atoms with Gasteiger partial charge in [-0.2, -0.15) is 0 Å². The Morgan fingerprint density at radius 2 is 1.76 bits per heavy atom. The fourth-order valence-electron chi connectivity index (χ4n) is 2.95. The van der Waals surface area contributed by atoms with Crippen LogP contribution in [-0.2, 0) is 4.79 Å². The maximum atomic E-state index is 13.0. The van der Waals surface area contributed by atoms with E-state index in [0.717, 1.165) is 18.8 Å². The highest BCUT2D eigenvalue weighted by Crippen LogP contribution is 2.22. The van der Waals surface area contributed by atoms with Crippen molar-refractivity contribution in [3.8, 4) is 5.75 Å². The normalized spacial score (nSPS) is 15.0. The quantitative estimate of drug-likeness (QED) is 0.854. The Hall–Kier alpha value is -2.56. The number of carbonyl (C=O) groups is 1. The summed E-state index contributed by atoms with van der Waals surface area (Å²) >= 11 is 0. The van der Waals surface area contributed by atoms with Gasteiger partial charge in [-0.3, -0.25) is 4.79 Å². The number of anilines is 2. The van der Waals surface area contributed by atoms with E-state index in [2.05, 4.69) is 10.2 Å². The van der Waals surface area contributed by atoms with Crippen LogP contribution in [0, 0.1) is 5.82 Å². The van der Waals surface area contributed by atoms with Crippen LogP contribution in [0.2, 0.25) is 0 Å². The van der Waals surface area contributed by atoms with Crippen LogP contribution in [0.4, 0.5) is 15.8 Å². The van der Waals surface area contributed by atoms with E-state index >= 15 is 0 Å². The molecule has 0 aliphatic carbocycles. The van der Waals surface area contributed by atoms with E-state index < -0.39 is 6.10 Å². The minimum Gasteiger partial charge on any atom is -0.481 e. The lowest BCUT2D eigenvalue weighted by atomic mass is 10.2. The number of rotatable bonds is 6. The summed E-state index contributed by atoms with van der Waals surface area (Å²) < 4.78 is 18.6. The number of hydrogen-bond acceptors (Lipinski definition) is 3. The van der Waals surface area contributed by atoms with Gasteiger partial charge in [0, 0.05) is 24.5 Å². The zero-order chi connectivity index (χ0) is 17.6. The molecular formula is C20H23FN2O2. The summed E-state index contributed by atoms with van der Waals surface area (Å²) in [5.74, 6) is -0.0588. The van der Waals surface area contributed by atoms with Gasteiger partial charge in [-0.05, 0) is 67.8 Å². The molecule has 0 saturated carbocycles. The molecule has 2 aromatic rings. The molecule has 1 fully saturated rings. The highest BCUT2D eigenvalue weighted by molar-refractivity contribution is 5.94. The van der Waals surface area contributed by atoms with E-state index in [1.807, 2.05) is 31.2 Å². The Kier molecular flexibility index (Phi) is 5.53. The van der Waals surface area contributed by atoms with Crippen LogP contribution in [0.25, 0.3) is 0 Å². The summed E-state index contributed by atoms with van der Waals surface area (Å²) in [4.78, 5) is 14.8. The van der Waals surface area contributed by atoms with E-state index in [-0.39, 0.29) is 11.7 Å². The van der Waals surface area contributed by atoms with Crippen LogP contribution in [-0.4, -0.2) is 25.1 Å². The molecular weight excluding hydrogens is 319 g/mol. The molecule has 2 aromatic carbocycles. The number of hydrogen-bond donors (Lipinski definition) is 1. The molecule has 132 valence electrons. The third-order valence-corrected chi connectivity index (χ3v) is 4.36. The highest BCUT2D eigenvalue weighted by atomic mass is 19.1. The lowest BCUT2D eigenvalue weighted by molar-refractivity contribution is -0.122. The Morgan fingerprint density at radius 1 is 1.12 bits per heavy atom. The number of benzene rings is 2. The van der Waals surface area contributed by atoms with E-state index in [0.29, 0.717) is 12.2 Å². The smallest absolute Gasteiger partial charge is 0.265 e. The average molecular weight is 342 g/mol. The summed E-state index contributed by atoms with van der Waals surface area (Å²) in [5.41, 5.74) is 1.93. The van der Waals surface area contributed by atoms with Gasteiger partial charge in [0.05, 0.1) is 0 Å². The summed E-state index contributed by atoms with van der Waals surface area (Å²) in [7, 11) is 0. The summed E-state index contributed by atoms with van der Waals surface area (Å²) in [6, 6.07) is 13.6. The first-order chi connectivity index (χ1) is 12.2. The molecule has 0 radical (unpaired) electrons. The van der Waals surface area contributed by atoms with Crippen molar-refractivity contribution in [3.63, 3.8) is 0 Å². The highest BCUT2D eigenvalue weighted by Gasteiger charge is 2.19. The Balaban J connectivity index is 1.60. The number of nitrogens with one attached hydrogen (secondary N) is 1. The maximum Gasteiger partial charge on any atom is 0.265 e. The molecule has 1 unspecified atom stereocenters. The molecule has 0 bridgehead atoms. The molecule has 1 aliphatic rings. The Labute approximate surface area is 147 Å². The standard InChI is InChI=1S/C20H23FN2O2/c1-2-19(25-18-11-5-15(21)6-12-18)20(24)22-16-7-9-17(10-8-16)23-13-3-4-14-23/h5-12,19H,2-4,13-14H2,1H3,(H,22,24). The van der Waals surface area contributed by atoms with Crippen LogP contribution in [0.1, 0.15) is 26.2 Å². The molecule has 3 rings (SSSR count). The van der Waals surface area contributed by atoms with Gasteiger partial charge in [-0.25, -0.2) is 4.39 Å². The van der Waals surface area contributed by atoms with Crippen LogP contribution < -0.4 is 15.0 Å². The number of halogens is 1. The van der Waals surface area contributed by atoms with E-state index in [1.54, 1.807) is 0 Å². The first-order valence-electron chi connectivity index (χ1n) is 8.74. The molecule has 1 atom stereocenters. The lowest BCUT2D eigenvalue weighted by Gasteiger charge is -2.19. The fourth-order valence-corrected chi connectivity index (χ4v) is 2.95. The Bertz CT molecular complexity index is 695. The van der Waals surface area contributed by atoms with Gasteiger partial charge in [-0.15, -0.1) is 0 Å². The lowest BCUT2D eigenvalue weighted by Crippen LogP contribution is -2.32. The van der Waals surface area contributed by atoms with Crippen molar-refractivity contribution in [2.75, 3.05) is 23.3 Å². The zero-order valence-corrected chi connectivity index (χ0v) is 14.4. The largest absolute Gasteiger partial charge is 0.481 e.